The smallest absolute Gasteiger partial charge is 0.289 e. The van der Waals surface area contributed by atoms with Crippen molar-refractivity contribution < 1.29 is 9.21 Å². The lowest BCUT2D eigenvalue weighted by Gasteiger charge is -2.28. The van der Waals surface area contributed by atoms with Crippen LogP contribution in [-0.2, 0) is 0 Å². The van der Waals surface area contributed by atoms with Gasteiger partial charge in [0.25, 0.3) is 5.91 Å². The third kappa shape index (κ3) is 3.94. The van der Waals surface area contributed by atoms with Crippen LogP contribution in [0, 0.1) is 0 Å². The predicted octanol–water partition coefficient (Wildman–Crippen LogP) is 3.39. The molecular weight excluding hydrogens is 338 g/mol. The normalized spacial score (nSPS) is 24.4. The summed E-state index contributed by atoms with van der Waals surface area (Å²) in [7, 11) is 0. The Bertz CT molecular complexity index is 771. The third-order valence-corrected chi connectivity index (χ3v) is 5.94. The summed E-state index contributed by atoms with van der Waals surface area (Å²) in [6, 6.07) is 14.4. The molecule has 0 saturated carbocycles. The van der Waals surface area contributed by atoms with Crippen LogP contribution in [0.25, 0.3) is 0 Å². The van der Waals surface area contributed by atoms with Gasteiger partial charge in [0.1, 0.15) is 5.76 Å². The van der Waals surface area contributed by atoms with Crippen LogP contribution < -0.4 is 5.73 Å². The highest BCUT2D eigenvalue weighted by Gasteiger charge is 2.34. The van der Waals surface area contributed by atoms with Crippen molar-refractivity contribution in [1.82, 2.24) is 9.80 Å². The Morgan fingerprint density at radius 3 is 2.74 bits per heavy atom. The van der Waals surface area contributed by atoms with Crippen molar-refractivity contribution in [2.24, 2.45) is 5.73 Å². The van der Waals surface area contributed by atoms with Crippen molar-refractivity contribution in [3.05, 3.63) is 59.5 Å². The molecule has 1 aromatic heterocycles. The fourth-order valence-electron chi connectivity index (χ4n) is 4.44. The number of carbonyl (C=O) groups is 1. The van der Waals surface area contributed by atoms with E-state index in [1.54, 1.807) is 6.07 Å². The van der Waals surface area contributed by atoms with Gasteiger partial charge in [0.15, 0.2) is 5.76 Å². The second-order valence-corrected chi connectivity index (χ2v) is 7.94. The second-order valence-electron chi connectivity index (χ2n) is 7.94. The molecule has 2 fully saturated rings. The Hall–Kier alpha value is -2.11. The van der Waals surface area contributed by atoms with Crippen LogP contribution in [0.1, 0.15) is 60.0 Å². The fraction of sp³-hybridized carbons (Fsp3) is 0.500. The molecule has 0 spiro atoms. The van der Waals surface area contributed by atoms with Gasteiger partial charge in [-0.05, 0) is 56.3 Å². The molecule has 2 aromatic rings. The highest BCUT2D eigenvalue weighted by atomic mass is 16.4. The zero-order valence-electron chi connectivity index (χ0n) is 16.0. The van der Waals surface area contributed by atoms with Crippen LogP contribution in [0.5, 0.6) is 0 Å². The van der Waals surface area contributed by atoms with E-state index >= 15 is 0 Å². The van der Waals surface area contributed by atoms with Gasteiger partial charge in [0.2, 0.25) is 0 Å². The number of furan rings is 1. The van der Waals surface area contributed by atoms with E-state index in [1.807, 2.05) is 17.9 Å². The van der Waals surface area contributed by atoms with Gasteiger partial charge in [-0.3, -0.25) is 4.79 Å². The zero-order chi connectivity index (χ0) is 18.8. The predicted molar refractivity (Wildman–Crippen MR) is 106 cm³/mol. The number of hydrogen-bond acceptors (Lipinski definition) is 4. The maximum Gasteiger partial charge on any atom is 0.289 e. The summed E-state index contributed by atoms with van der Waals surface area (Å²) in [6.07, 6.45) is 3.33. The molecule has 5 heteroatoms. The SMILES string of the molecule is CC(N)c1ccc(C(=O)N2CCC[C@H]2CN2CCC(c3ccccc3)C2)o1. The molecule has 4 rings (SSSR count). The van der Waals surface area contributed by atoms with Crippen LogP contribution in [0.2, 0.25) is 0 Å². The summed E-state index contributed by atoms with van der Waals surface area (Å²) < 4.78 is 5.68. The van der Waals surface area contributed by atoms with Crippen LogP contribution in [0.3, 0.4) is 0 Å². The molecule has 2 aliphatic rings. The Kier molecular flexibility index (Phi) is 5.32. The summed E-state index contributed by atoms with van der Waals surface area (Å²) in [5.74, 6) is 1.69. The number of hydrogen-bond donors (Lipinski definition) is 1. The Balaban J connectivity index is 1.38. The quantitative estimate of drug-likeness (QED) is 0.880. The molecule has 144 valence electrons. The van der Waals surface area contributed by atoms with Gasteiger partial charge >= 0.3 is 0 Å². The van der Waals surface area contributed by atoms with Crippen LogP contribution in [0.15, 0.2) is 46.9 Å². The van der Waals surface area contributed by atoms with E-state index < -0.39 is 0 Å². The molecule has 1 aromatic carbocycles. The number of carbonyl (C=O) groups excluding carboxylic acids is 1. The minimum atomic E-state index is -0.194. The van der Waals surface area contributed by atoms with Crippen molar-refractivity contribution in [2.45, 2.75) is 44.2 Å². The number of likely N-dealkylation sites (tertiary alicyclic amines) is 2. The van der Waals surface area contributed by atoms with Gasteiger partial charge in [-0.1, -0.05) is 30.3 Å². The Morgan fingerprint density at radius 1 is 1.19 bits per heavy atom. The Morgan fingerprint density at radius 2 is 2.00 bits per heavy atom. The van der Waals surface area contributed by atoms with Gasteiger partial charge in [-0.25, -0.2) is 0 Å². The van der Waals surface area contributed by atoms with Crippen LogP contribution >= 0.6 is 0 Å². The molecule has 0 radical (unpaired) electrons. The first kappa shape index (κ1) is 18.3. The molecule has 0 aliphatic carbocycles. The van der Waals surface area contributed by atoms with E-state index in [0.717, 1.165) is 39.0 Å². The molecule has 0 bridgehead atoms. The first-order valence-electron chi connectivity index (χ1n) is 10.1. The zero-order valence-corrected chi connectivity index (χ0v) is 16.0. The van der Waals surface area contributed by atoms with Crippen molar-refractivity contribution in [3.63, 3.8) is 0 Å². The van der Waals surface area contributed by atoms with Crippen LogP contribution in [-0.4, -0.2) is 47.9 Å². The van der Waals surface area contributed by atoms with Crippen molar-refractivity contribution >= 4 is 5.91 Å². The third-order valence-electron chi connectivity index (χ3n) is 5.94. The molecule has 27 heavy (non-hydrogen) atoms. The average molecular weight is 367 g/mol. The van der Waals surface area contributed by atoms with E-state index in [2.05, 4.69) is 35.2 Å². The number of benzene rings is 1. The fourth-order valence-corrected chi connectivity index (χ4v) is 4.44. The first-order chi connectivity index (χ1) is 13.1. The largest absolute Gasteiger partial charge is 0.454 e. The number of nitrogens with two attached hydrogens (primary N) is 1. The minimum Gasteiger partial charge on any atom is -0.454 e. The van der Waals surface area contributed by atoms with E-state index in [4.69, 9.17) is 10.2 Å². The van der Waals surface area contributed by atoms with Gasteiger partial charge in [0.05, 0.1) is 6.04 Å². The molecule has 3 atom stereocenters. The molecule has 2 aliphatic heterocycles. The standard InChI is InChI=1S/C22H29N3O2/c1-16(23)20-9-10-21(27-20)22(26)25-12-5-8-19(25)15-24-13-11-18(14-24)17-6-3-2-4-7-17/h2-4,6-7,9-10,16,18-19H,5,8,11-15,23H2,1H3/t16?,18?,19-/m0/s1. The summed E-state index contributed by atoms with van der Waals surface area (Å²) in [5.41, 5.74) is 7.28. The molecule has 2 unspecified atom stereocenters. The second kappa shape index (κ2) is 7.87. The highest BCUT2D eigenvalue weighted by molar-refractivity contribution is 5.92. The Labute approximate surface area is 161 Å². The number of amides is 1. The molecule has 2 N–H and O–H groups in total. The molecule has 1 amide bonds. The average Bonchev–Trinajstić information content (AvgIpc) is 3.43. The number of nitrogens with zero attached hydrogens (tertiary/aromatic N) is 2. The van der Waals surface area contributed by atoms with Crippen LogP contribution in [0.4, 0.5) is 0 Å². The summed E-state index contributed by atoms with van der Waals surface area (Å²) in [4.78, 5) is 17.4. The summed E-state index contributed by atoms with van der Waals surface area (Å²) >= 11 is 0. The number of rotatable bonds is 5. The van der Waals surface area contributed by atoms with Gasteiger partial charge in [-0.2, -0.15) is 0 Å². The highest BCUT2D eigenvalue weighted by Crippen LogP contribution is 2.29. The minimum absolute atomic E-state index is 0.00297. The van der Waals surface area contributed by atoms with Gasteiger partial charge in [-0.15, -0.1) is 0 Å². The van der Waals surface area contributed by atoms with Crippen molar-refractivity contribution in [1.29, 1.82) is 0 Å². The van der Waals surface area contributed by atoms with Gasteiger partial charge < -0.3 is 20.0 Å². The maximum atomic E-state index is 12.9. The van der Waals surface area contributed by atoms with Crippen molar-refractivity contribution in [3.8, 4) is 0 Å². The van der Waals surface area contributed by atoms with Gasteiger partial charge in [0, 0.05) is 25.7 Å². The lowest BCUT2D eigenvalue weighted by atomic mass is 9.99. The first-order valence-corrected chi connectivity index (χ1v) is 10.1. The lowest BCUT2D eigenvalue weighted by molar-refractivity contribution is 0.0674. The topological polar surface area (TPSA) is 62.7 Å². The van der Waals surface area contributed by atoms with Crippen molar-refractivity contribution in [2.75, 3.05) is 26.2 Å². The van der Waals surface area contributed by atoms with E-state index in [0.29, 0.717) is 17.4 Å². The molecule has 3 heterocycles. The summed E-state index contributed by atoms with van der Waals surface area (Å²) in [6.45, 7) is 5.82. The summed E-state index contributed by atoms with van der Waals surface area (Å²) in [5, 5.41) is 0. The molecule has 2 saturated heterocycles. The monoisotopic (exact) mass is 367 g/mol. The van der Waals surface area contributed by atoms with E-state index in [-0.39, 0.29) is 18.0 Å². The molecule has 5 nitrogen and oxygen atoms in total. The molecular formula is C22H29N3O2. The lowest BCUT2D eigenvalue weighted by Crippen LogP contribution is -2.42. The maximum absolute atomic E-state index is 12.9. The van der Waals surface area contributed by atoms with E-state index in [1.165, 1.54) is 12.0 Å². The van der Waals surface area contributed by atoms with E-state index in [9.17, 15) is 4.79 Å².